The molecular weight excluding hydrogens is 433 g/mol. The SMILES string of the molecule is Cl.Cl.NC(=O)COc1ccc(Br)cc1CNCCCN1CCOCC1. The number of nitrogens with one attached hydrogen (secondary N) is 1. The van der Waals surface area contributed by atoms with Crippen LogP contribution in [0.25, 0.3) is 0 Å². The fraction of sp³-hybridized carbons (Fsp3) is 0.562. The van der Waals surface area contributed by atoms with Crippen molar-refractivity contribution in [1.82, 2.24) is 10.2 Å². The number of benzene rings is 1. The molecule has 0 bridgehead atoms. The van der Waals surface area contributed by atoms with Gasteiger partial charge in [0.05, 0.1) is 13.2 Å². The summed E-state index contributed by atoms with van der Waals surface area (Å²) >= 11 is 3.46. The van der Waals surface area contributed by atoms with E-state index in [1.165, 1.54) is 0 Å². The molecule has 1 aliphatic rings. The largest absolute Gasteiger partial charge is 0.483 e. The van der Waals surface area contributed by atoms with Crippen LogP contribution in [0.15, 0.2) is 22.7 Å². The van der Waals surface area contributed by atoms with Gasteiger partial charge in [-0.25, -0.2) is 0 Å². The highest BCUT2D eigenvalue weighted by Crippen LogP contribution is 2.23. The summed E-state index contributed by atoms with van der Waals surface area (Å²) in [5, 5.41) is 3.42. The zero-order valence-electron chi connectivity index (χ0n) is 14.0. The van der Waals surface area contributed by atoms with Gasteiger partial charge in [-0.2, -0.15) is 0 Å². The van der Waals surface area contributed by atoms with Gasteiger partial charge in [0.15, 0.2) is 6.61 Å². The third-order valence-corrected chi connectivity index (χ3v) is 4.13. The average Bonchev–Trinajstić information content (AvgIpc) is 2.54. The second kappa shape index (κ2) is 13.6. The minimum Gasteiger partial charge on any atom is -0.483 e. The molecule has 1 aliphatic heterocycles. The minimum absolute atomic E-state index is 0. The fourth-order valence-electron chi connectivity index (χ4n) is 2.45. The van der Waals surface area contributed by atoms with E-state index in [1.807, 2.05) is 18.2 Å². The van der Waals surface area contributed by atoms with Crippen LogP contribution >= 0.6 is 40.7 Å². The van der Waals surface area contributed by atoms with Crippen LogP contribution in [-0.2, 0) is 16.1 Å². The van der Waals surface area contributed by atoms with Crippen molar-refractivity contribution in [2.75, 3.05) is 46.0 Å². The number of hydrogen-bond donors (Lipinski definition) is 2. The zero-order chi connectivity index (χ0) is 16.5. The average molecular weight is 459 g/mol. The third-order valence-electron chi connectivity index (χ3n) is 3.64. The normalized spacial score (nSPS) is 14.3. The van der Waals surface area contributed by atoms with E-state index in [1.54, 1.807) is 0 Å². The Morgan fingerprint density at radius 1 is 1.32 bits per heavy atom. The van der Waals surface area contributed by atoms with Crippen molar-refractivity contribution in [2.24, 2.45) is 5.73 Å². The number of morpholine rings is 1. The molecule has 6 nitrogen and oxygen atoms in total. The summed E-state index contributed by atoms with van der Waals surface area (Å²) in [4.78, 5) is 13.3. The Labute approximate surface area is 169 Å². The first-order valence-electron chi connectivity index (χ1n) is 7.85. The highest BCUT2D eigenvalue weighted by atomic mass is 79.9. The lowest BCUT2D eigenvalue weighted by Crippen LogP contribution is -2.37. The van der Waals surface area contributed by atoms with Gasteiger partial charge >= 0.3 is 0 Å². The quantitative estimate of drug-likeness (QED) is 0.553. The Bertz CT molecular complexity index is 517. The van der Waals surface area contributed by atoms with Crippen molar-refractivity contribution in [1.29, 1.82) is 0 Å². The molecule has 1 aromatic rings. The van der Waals surface area contributed by atoms with E-state index in [9.17, 15) is 4.79 Å². The predicted octanol–water partition coefficient (Wildman–Crippen LogP) is 1.97. The first kappa shape index (κ1) is 24.4. The van der Waals surface area contributed by atoms with Gasteiger partial charge in [0, 0.05) is 29.7 Å². The molecule has 2 rings (SSSR count). The van der Waals surface area contributed by atoms with Crippen molar-refractivity contribution >= 4 is 46.7 Å². The van der Waals surface area contributed by atoms with Crippen LogP contribution in [0.4, 0.5) is 0 Å². The molecule has 144 valence electrons. The van der Waals surface area contributed by atoms with Crippen LogP contribution in [0.2, 0.25) is 0 Å². The minimum atomic E-state index is -0.475. The lowest BCUT2D eigenvalue weighted by molar-refractivity contribution is -0.119. The summed E-state index contributed by atoms with van der Waals surface area (Å²) < 4.78 is 11.8. The number of carbonyl (C=O) groups excluding carboxylic acids is 1. The number of rotatable bonds is 9. The fourth-order valence-corrected chi connectivity index (χ4v) is 2.86. The molecule has 0 unspecified atom stereocenters. The number of carbonyl (C=O) groups is 1. The maximum Gasteiger partial charge on any atom is 0.255 e. The number of primary amides is 1. The van der Waals surface area contributed by atoms with Crippen molar-refractivity contribution in [3.8, 4) is 5.75 Å². The molecular formula is C16H26BrCl2N3O3. The molecule has 1 saturated heterocycles. The number of amides is 1. The second-order valence-corrected chi connectivity index (χ2v) is 6.41. The van der Waals surface area contributed by atoms with Gasteiger partial charge in [0.2, 0.25) is 0 Å². The van der Waals surface area contributed by atoms with E-state index in [4.69, 9.17) is 15.2 Å². The number of halogens is 3. The second-order valence-electron chi connectivity index (χ2n) is 5.49. The highest BCUT2D eigenvalue weighted by Gasteiger charge is 2.09. The maximum absolute atomic E-state index is 10.9. The van der Waals surface area contributed by atoms with Gasteiger partial charge in [-0.15, -0.1) is 24.8 Å². The van der Waals surface area contributed by atoms with Crippen LogP contribution in [0.5, 0.6) is 5.75 Å². The van der Waals surface area contributed by atoms with Crippen LogP contribution in [-0.4, -0.2) is 56.8 Å². The molecule has 1 aromatic carbocycles. The number of hydrogen-bond acceptors (Lipinski definition) is 5. The van der Waals surface area contributed by atoms with Crippen molar-refractivity contribution in [3.05, 3.63) is 28.2 Å². The number of nitrogens with zero attached hydrogens (tertiary/aromatic N) is 1. The Kier molecular flexibility index (Phi) is 13.3. The summed E-state index contributed by atoms with van der Waals surface area (Å²) in [7, 11) is 0. The van der Waals surface area contributed by atoms with Crippen molar-refractivity contribution in [3.63, 3.8) is 0 Å². The lowest BCUT2D eigenvalue weighted by atomic mass is 10.2. The van der Waals surface area contributed by atoms with E-state index < -0.39 is 5.91 Å². The maximum atomic E-state index is 10.9. The molecule has 0 spiro atoms. The molecule has 1 amide bonds. The Morgan fingerprint density at radius 2 is 2.04 bits per heavy atom. The van der Waals surface area contributed by atoms with Gasteiger partial charge in [-0.1, -0.05) is 15.9 Å². The predicted molar refractivity (Wildman–Crippen MR) is 107 cm³/mol. The van der Waals surface area contributed by atoms with Crippen LogP contribution in [0.3, 0.4) is 0 Å². The monoisotopic (exact) mass is 457 g/mol. The standard InChI is InChI=1S/C16H24BrN3O3.2ClH/c17-14-2-3-15(23-12-16(18)21)13(10-14)11-19-4-1-5-20-6-8-22-9-7-20;;/h2-3,10,19H,1,4-9,11-12H2,(H2,18,21);2*1H. The first-order chi connectivity index (χ1) is 11.1. The zero-order valence-corrected chi connectivity index (χ0v) is 17.3. The van der Waals surface area contributed by atoms with Crippen molar-refractivity contribution < 1.29 is 14.3 Å². The van der Waals surface area contributed by atoms with Gasteiger partial charge in [-0.05, 0) is 37.7 Å². The molecule has 0 atom stereocenters. The van der Waals surface area contributed by atoms with E-state index >= 15 is 0 Å². The molecule has 0 radical (unpaired) electrons. The van der Waals surface area contributed by atoms with Crippen LogP contribution < -0.4 is 15.8 Å². The van der Waals surface area contributed by atoms with E-state index in [2.05, 4.69) is 26.1 Å². The molecule has 3 N–H and O–H groups in total. The number of ether oxygens (including phenoxy) is 2. The summed E-state index contributed by atoms with van der Waals surface area (Å²) in [6, 6.07) is 5.72. The van der Waals surface area contributed by atoms with Crippen LogP contribution in [0.1, 0.15) is 12.0 Å². The molecule has 25 heavy (non-hydrogen) atoms. The van der Waals surface area contributed by atoms with Crippen LogP contribution in [0, 0.1) is 0 Å². The smallest absolute Gasteiger partial charge is 0.255 e. The summed E-state index contributed by atoms with van der Waals surface area (Å²) in [5.41, 5.74) is 6.13. The molecule has 1 heterocycles. The summed E-state index contributed by atoms with van der Waals surface area (Å²) in [6.07, 6.45) is 1.09. The summed E-state index contributed by atoms with van der Waals surface area (Å²) in [6.45, 7) is 6.33. The van der Waals surface area contributed by atoms with Crippen molar-refractivity contribution in [2.45, 2.75) is 13.0 Å². The Balaban J connectivity index is 0.00000288. The van der Waals surface area contributed by atoms with E-state index in [0.717, 1.165) is 55.8 Å². The number of nitrogens with two attached hydrogens (primary N) is 1. The molecule has 1 fully saturated rings. The Morgan fingerprint density at radius 3 is 2.72 bits per heavy atom. The van der Waals surface area contributed by atoms with E-state index in [-0.39, 0.29) is 31.4 Å². The molecule has 0 aliphatic carbocycles. The first-order valence-corrected chi connectivity index (χ1v) is 8.65. The van der Waals surface area contributed by atoms with Gasteiger partial charge in [0.1, 0.15) is 5.75 Å². The summed E-state index contributed by atoms with van der Waals surface area (Å²) in [5.74, 6) is 0.213. The van der Waals surface area contributed by atoms with Gasteiger partial charge in [0.25, 0.3) is 5.91 Å². The highest BCUT2D eigenvalue weighted by molar-refractivity contribution is 9.10. The Hall–Kier alpha value is -0.570. The van der Waals surface area contributed by atoms with Gasteiger partial charge in [-0.3, -0.25) is 9.69 Å². The topological polar surface area (TPSA) is 76.8 Å². The van der Waals surface area contributed by atoms with E-state index in [0.29, 0.717) is 12.3 Å². The molecule has 0 saturated carbocycles. The van der Waals surface area contributed by atoms with Gasteiger partial charge < -0.3 is 20.5 Å². The molecule has 9 heteroatoms. The molecule has 0 aromatic heterocycles. The third kappa shape index (κ3) is 9.63. The lowest BCUT2D eigenvalue weighted by Gasteiger charge is -2.26.